The van der Waals surface area contributed by atoms with Crippen molar-refractivity contribution in [3.63, 3.8) is 0 Å². The molecular formula is C26H27NO3. The lowest BCUT2D eigenvalue weighted by Crippen LogP contribution is -2.82. The second-order valence-corrected chi connectivity index (χ2v) is 9.31. The summed E-state index contributed by atoms with van der Waals surface area (Å²) in [4.78, 5) is 29.6. The van der Waals surface area contributed by atoms with E-state index in [0.29, 0.717) is 6.42 Å². The lowest BCUT2D eigenvalue weighted by Gasteiger charge is -2.65. The van der Waals surface area contributed by atoms with Crippen LogP contribution in [0.3, 0.4) is 0 Å². The fourth-order valence-electron chi connectivity index (χ4n) is 6.47. The lowest BCUT2D eigenvalue weighted by molar-refractivity contribution is -0.311. The third kappa shape index (κ3) is 2.20. The predicted molar refractivity (Wildman–Crippen MR) is 114 cm³/mol. The van der Waals surface area contributed by atoms with E-state index >= 15 is 0 Å². The number of hydrogen-bond acceptors (Lipinski definition) is 3. The first-order chi connectivity index (χ1) is 14.7. The summed E-state index contributed by atoms with van der Waals surface area (Å²) >= 11 is 0. The number of imide groups is 1. The minimum absolute atomic E-state index is 0.0642. The molecule has 7 rings (SSSR count). The molecule has 1 spiro atoms. The molecule has 4 nitrogen and oxygen atoms in total. The molecule has 30 heavy (non-hydrogen) atoms. The van der Waals surface area contributed by atoms with Crippen molar-refractivity contribution in [1.82, 2.24) is 0 Å². The van der Waals surface area contributed by atoms with Gasteiger partial charge in [0, 0.05) is 5.92 Å². The van der Waals surface area contributed by atoms with Gasteiger partial charge in [0.1, 0.15) is 0 Å². The van der Waals surface area contributed by atoms with Crippen LogP contribution >= 0.6 is 0 Å². The maximum absolute atomic E-state index is 14.1. The molecule has 3 atom stereocenters. The Bertz CT molecular complexity index is 1030. The summed E-state index contributed by atoms with van der Waals surface area (Å²) in [6, 6.07) is 16.0. The second kappa shape index (κ2) is 6.52. The molecule has 0 unspecified atom stereocenters. The van der Waals surface area contributed by atoms with Gasteiger partial charge in [0.2, 0.25) is 0 Å². The van der Waals surface area contributed by atoms with Gasteiger partial charge in [-0.2, -0.15) is 0 Å². The van der Waals surface area contributed by atoms with Crippen LogP contribution in [-0.4, -0.2) is 17.4 Å². The number of hydrogen-bond donors (Lipinski definition) is 0. The number of ether oxygens (including phenoxy) is 1. The van der Waals surface area contributed by atoms with Crippen LogP contribution in [0.1, 0.15) is 61.6 Å². The Balaban J connectivity index is 1.54. The molecular weight excluding hydrogens is 374 g/mol. The molecule has 5 aliphatic rings. The number of rotatable bonds is 2. The Labute approximate surface area is 177 Å². The fourth-order valence-corrected chi connectivity index (χ4v) is 6.47. The summed E-state index contributed by atoms with van der Waals surface area (Å²) in [6.45, 7) is 0. The third-order valence-electron chi connectivity index (χ3n) is 7.84. The Morgan fingerprint density at radius 1 is 0.833 bits per heavy atom. The first-order valence-corrected chi connectivity index (χ1v) is 11.4. The molecule has 1 saturated carbocycles. The Morgan fingerprint density at radius 2 is 1.67 bits per heavy atom. The van der Waals surface area contributed by atoms with Crippen LogP contribution in [-0.2, 0) is 32.8 Å². The van der Waals surface area contributed by atoms with Crippen LogP contribution in [0.15, 0.2) is 48.5 Å². The number of morpholine rings is 1. The van der Waals surface area contributed by atoms with Gasteiger partial charge in [-0.15, -0.1) is 0 Å². The van der Waals surface area contributed by atoms with E-state index in [4.69, 9.17) is 4.74 Å². The van der Waals surface area contributed by atoms with Crippen LogP contribution in [0.5, 0.6) is 0 Å². The summed E-state index contributed by atoms with van der Waals surface area (Å²) in [7, 11) is 0. The minimum Gasteiger partial charge on any atom is -0.343 e. The van der Waals surface area contributed by atoms with Crippen molar-refractivity contribution in [3.05, 3.63) is 65.2 Å². The molecule has 0 radical (unpaired) electrons. The number of anilines is 1. The van der Waals surface area contributed by atoms with Crippen molar-refractivity contribution in [2.45, 2.75) is 69.0 Å². The highest BCUT2D eigenvalue weighted by Gasteiger charge is 2.78. The first kappa shape index (κ1) is 18.3. The van der Waals surface area contributed by atoms with Crippen LogP contribution in [0.4, 0.5) is 5.69 Å². The van der Waals surface area contributed by atoms with Crippen LogP contribution in [0.2, 0.25) is 0 Å². The van der Waals surface area contributed by atoms with Crippen molar-refractivity contribution < 1.29 is 14.3 Å². The Hall–Kier alpha value is -2.46. The molecule has 4 fully saturated rings. The first-order valence-electron chi connectivity index (χ1n) is 11.4. The van der Waals surface area contributed by atoms with E-state index in [1.165, 1.54) is 22.4 Å². The van der Waals surface area contributed by atoms with Crippen LogP contribution in [0.25, 0.3) is 0 Å². The van der Waals surface area contributed by atoms with Gasteiger partial charge in [-0.3, -0.25) is 9.59 Å². The SMILES string of the molecule is O=C1N(c2cccc3c2CCCC3)C(=O)[C@]23CCCCC[C@H]2[C@@]1(c1ccccc1)O3. The van der Waals surface area contributed by atoms with Gasteiger partial charge < -0.3 is 4.74 Å². The van der Waals surface area contributed by atoms with E-state index in [-0.39, 0.29) is 17.7 Å². The quantitative estimate of drug-likeness (QED) is 0.686. The van der Waals surface area contributed by atoms with Crippen molar-refractivity contribution in [2.24, 2.45) is 5.92 Å². The van der Waals surface area contributed by atoms with Crippen LogP contribution < -0.4 is 4.90 Å². The average Bonchev–Trinajstić information content (AvgIpc) is 2.95. The zero-order chi connectivity index (χ0) is 20.3. The molecule has 2 bridgehead atoms. The molecule has 2 aliphatic carbocycles. The van der Waals surface area contributed by atoms with Crippen molar-refractivity contribution in [3.8, 4) is 0 Å². The number of benzene rings is 2. The summed E-state index contributed by atoms with van der Waals surface area (Å²) < 4.78 is 6.50. The van der Waals surface area contributed by atoms with Crippen LogP contribution in [0, 0.1) is 5.92 Å². The molecule has 3 aliphatic heterocycles. The fraction of sp³-hybridized carbons (Fsp3) is 0.462. The van der Waals surface area contributed by atoms with Gasteiger partial charge in [0.15, 0.2) is 11.2 Å². The van der Waals surface area contributed by atoms with E-state index in [1.807, 2.05) is 42.5 Å². The van der Waals surface area contributed by atoms with Gasteiger partial charge in [-0.05, 0) is 61.3 Å². The number of carbonyl (C=O) groups excluding carboxylic acids is 2. The Morgan fingerprint density at radius 3 is 2.53 bits per heavy atom. The number of fused-ring (bicyclic) bond motifs is 3. The predicted octanol–water partition coefficient (Wildman–Crippen LogP) is 4.68. The number of piperidine rings is 1. The highest BCUT2D eigenvalue weighted by atomic mass is 16.6. The zero-order valence-corrected chi connectivity index (χ0v) is 17.2. The van der Waals surface area contributed by atoms with Gasteiger partial charge >= 0.3 is 0 Å². The number of aryl methyl sites for hydroxylation is 1. The van der Waals surface area contributed by atoms with Gasteiger partial charge in [-0.1, -0.05) is 61.7 Å². The van der Waals surface area contributed by atoms with E-state index < -0.39 is 11.2 Å². The van der Waals surface area contributed by atoms with Gasteiger partial charge in [0.05, 0.1) is 5.69 Å². The number of amides is 2. The molecule has 3 heterocycles. The van der Waals surface area contributed by atoms with E-state index in [9.17, 15) is 9.59 Å². The van der Waals surface area contributed by atoms with E-state index in [1.54, 1.807) is 0 Å². The van der Waals surface area contributed by atoms with E-state index in [2.05, 4.69) is 6.07 Å². The van der Waals surface area contributed by atoms with E-state index in [0.717, 1.165) is 56.2 Å². The van der Waals surface area contributed by atoms with Gasteiger partial charge in [0.25, 0.3) is 11.8 Å². The standard InChI is InChI=1S/C26H27NO3/c28-23-25-17-8-2-5-16-22(25)26(30-25,19-12-3-1-4-13-19)24(29)27(23)21-15-9-11-18-10-6-7-14-20(18)21/h1,3-4,9,11-13,15,22H,2,5-8,10,14,16-17H2/t22-,25+,26-/m1/s1. The Kier molecular flexibility index (Phi) is 3.98. The molecule has 0 aromatic heterocycles. The van der Waals surface area contributed by atoms with Crippen molar-refractivity contribution in [1.29, 1.82) is 0 Å². The molecule has 2 aromatic carbocycles. The zero-order valence-electron chi connectivity index (χ0n) is 17.2. The molecule has 2 amide bonds. The highest BCUT2D eigenvalue weighted by molar-refractivity contribution is 6.25. The monoisotopic (exact) mass is 401 g/mol. The van der Waals surface area contributed by atoms with Crippen molar-refractivity contribution in [2.75, 3.05) is 4.90 Å². The summed E-state index contributed by atoms with van der Waals surface area (Å²) in [5.74, 6) is -0.381. The third-order valence-corrected chi connectivity index (χ3v) is 7.84. The topological polar surface area (TPSA) is 46.6 Å². The summed E-state index contributed by atoms with van der Waals surface area (Å²) in [6.07, 6.45) is 8.92. The molecule has 3 saturated heterocycles. The smallest absolute Gasteiger partial charge is 0.271 e. The summed E-state index contributed by atoms with van der Waals surface area (Å²) in [5, 5.41) is 0. The highest BCUT2D eigenvalue weighted by Crippen LogP contribution is 2.63. The second-order valence-electron chi connectivity index (χ2n) is 9.31. The molecule has 4 heteroatoms. The van der Waals surface area contributed by atoms with Crippen molar-refractivity contribution >= 4 is 17.5 Å². The van der Waals surface area contributed by atoms with Gasteiger partial charge in [-0.25, -0.2) is 4.90 Å². The summed E-state index contributed by atoms with van der Waals surface area (Å²) in [5.41, 5.74) is 2.27. The maximum atomic E-state index is 14.1. The average molecular weight is 402 g/mol. The maximum Gasteiger partial charge on any atom is 0.271 e. The lowest BCUT2D eigenvalue weighted by atomic mass is 9.59. The number of carbonyl (C=O) groups is 2. The molecule has 154 valence electrons. The normalized spacial score (nSPS) is 32.7. The minimum atomic E-state index is -1.03. The molecule has 2 aromatic rings. The largest absolute Gasteiger partial charge is 0.343 e. The molecule has 0 N–H and O–H groups in total. The number of nitrogens with zero attached hydrogens (tertiary/aromatic N) is 1.